The first-order valence-electron chi connectivity index (χ1n) is 8.87. The smallest absolute Gasteiger partial charge is 0.324 e. The van der Waals surface area contributed by atoms with E-state index in [4.69, 9.17) is 14.5 Å². The molecule has 142 valence electrons. The van der Waals surface area contributed by atoms with Crippen molar-refractivity contribution in [3.05, 3.63) is 41.4 Å². The molecule has 2 saturated heterocycles. The van der Waals surface area contributed by atoms with E-state index < -0.39 is 28.6 Å². The third kappa shape index (κ3) is 2.81. The quantitative estimate of drug-likeness (QED) is 0.591. The molecule has 27 heavy (non-hydrogen) atoms. The topological polar surface area (TPSA) is 68.7 Å². The van der Waals surface area contributed by atoms with Crippen LogP contribution in [0.1, 0.15) is 39.3 Å². The highest BCUT2D eigenvalue weighted by Gasteiger charge is 2.67. The zero-order valence-corrected chi connectivity index (χ0v) is 16.6. The Hall–Kier alpha value is -2.41. The van der Waals surface area contributed by atoms with Gasteiger partial charge in [-0.25, -0.2) is 4.98 Å². The molecule has 1 spiro atoms. The molecule has 2 aromatic rings. The molecule has 2 fully saturated rings. The maximum absolute atomic E-state index is 12.7. The molecule has 0 amide bonds. The Morgan fingerprint density at radius 1 is 1.04 bits per heavy atom. The van der Waals surface area contributed by atoms with Crippen molar-refractivity contribution in [2.75, 3.05) is 11.9 Å². The second kappa shape index (κ2) is 5.79. The number of carbonyl (C=O) groups is 2. The number of anilines is 2. The van der Waals surface area contributed by atoms with E-state index in [9.17, 15) is 9.59 Å². The van der Waals surface area contributed by atoms with Gasteiger partial charge in [0, 0.05) is 31.0 Å². The van der Waals surface area contributed by atoms with Crippen molar-refractivity contribution in [1.82, 2.24) is 4.98 Å². The van der Waals surface area contributed by atoms with Crippen LogP contribution in [-0.2, 0) is 24.7 Å². The maximum Gasteiger partial charge on any atom is 0.324 e. The summed E-state index contributed by atoms with van der Waals surface area (Å²) in [6, 6.07) is 9.91. The average Bonchev–Trinajstić information content (AvgIpc) is 3.25. The number of thiazole rings is 1. The van der Waals surface area contributed by atoms with Gasteiger partial charge >= 0.3 is 11.9 Å². The van der Waals surface area contributed by atoms with E-state index in [-0.39, 0.29) is 6.42 Å². The van der Waals surface area contributed by atoms with Gasteiger partial charge in [0.05, 0.1) is 5.69 Å². The van der Waals surface area contributed by atoms with Crippen molar-refractivity contribution < 1.29 is 19.1 Å². The molecule has 2 atom stereocenters. The lowest BCUT2D eigenvalue weighted by molar-refractivity contribution is -0.161. The van der Waals surface area contributed by atoms with Crippen LogP contribution in [0.4, 0.5) is 10.8 Å². The highest BCUT2D eigenvalue weighted by atomic mass is 32.1. The van der Waals surface area contributed by atoms with Crippen LogP contribution in [0.25, 0.3) is 0 Å². The van der Waals surface area contributed by atoms with Crippen molar-refractivity contribution in [2.24, 2.45) is 5.41 Å². The van der Waals surface area contributed by atoms with Crippen LogP contribution < -0.4 is 4.90 Å². The summed E-state index contributed by atoms with van der Waals surface area (Å²) in [7, 11) is 1.94. The minimum Gasteiger partial charge on any atom is -0.459 e. The van der Waals surface area contributed by atoms with Crippen molar-refractivity contribution in [1.29, 1.82) is 0 Å². The Morgan fingerprint density at radius 3 is 2.33 bits per heavy atom. The van der Waals surface area contributed by atoms with Gasteiger partial charge in [0.25, 0.3) is 0 Å². The molecule has 0 N–H and O–H groups in total. The largest absolute Gasteiger partial charge is 0.459 e. The number of hydrogen-bond acceptors (Lipinski definition) is 7. The Bertz CT molecular complexity index is 910. The Kier molecular flexibility index (Phi) is 3.86. The standard InChI is InChI=1S/C20H22N2O4S/c1-18(2)11-20(15(23)25-18)12-19(3,26-16(20)24)14-10-27-17(21-14)22(4)13-8-6-5-7-9-13/h5-10H,11-12H2,1-4H3/t19-,20-/m0/s1. The monoisotopic (exact) mass is 386 g/mol. The molecular weight excluding hydrogens is 364 g/mol. The molecule has 2 aliphatic heterocycles. The number of esters is 2. The fourth-order valence-electron chi connectivity index (χ4n) is 4.03. The molecule has 4 rings (SSSR count). The summed E-state index contributed by atoms with van der Waals surface area (Å²) in [5.74, 6) is -0.996. The second-order valence-electron chi connectivity index (χ2n) is 8.12. The predicted molar refractivity (Wildman–Crippen MR) is 102 cm³/mol. The van der Waals surface area contributed by atoms with E-state index in [1.165, 1.54) is 11.3 Å². The third-order valence-corrected chi connectivity index (χ3v) is 6.22. The lowest BCUT2D eigenvalue weighted by Gasteiger charge is -2.21. The molecule has 2 aliphatic rings. The van der Waals surface area contributed by atoms with E-state index in [0.29, 0.717) is 12.1 Å². The van der Waals surface area contributed by atoms with Crippen LogP contribution in [0.5, 0.6) is 0 Å². The second-order valence-corrected chi connectivity index (χ2v) is 8.95. The van der Waals surface area contributed by atoms with Crippen LogP contribution in [0, 0.1) is 5.41 Å². The van der Waals surface area contributed by atoms with Gasteiger partial charge in [0.15, 0.2) is 16.1 Å². The van der Waals surface area contributed by atoms with Gasteiger partial charge in [-0.2, -0.15) is 0 Å². The van der Waals surface area contributed by atoms with Crippen molar-refractivity contribution >= 4 is 34.1 Å². The lowest BCUT2D eigenvalue weighted by atomic mass is 9.75. The highest BCUT2D eigenvalue weighted by Crippen LogP contribution is 2.55. The first-order chi connectivity index (χ1) is 12.7. The van der Waals surface area contributed by atoms with Crippen LogP contribution in [0.3, 0.4) is 0 Å². The minimum atomic E-state index is -1.23. The first kappa shape index (κ1) is 18.0. The van der Waals surface area contributed by atoms with E-state index in [0.717, 1.165) is 10.8 Å². The van der Waals surface area contributed by atoms with Gasteiger partial charge in [0.2, 0.25) is 0 Å². The SMILES string of the molecule is CN(c1ccccc1)c1nc([C@]2(C)C[C@]3(CC(C)(C)OC3=O)C(=O)O2)cs1. The number of rotatable bonds is 3. The van der Waals surface area contributed by atoms with Gasteiger partial charge in [-0.05, 0) is 32.9 Å². The molecule has 0 saturated carbocycles. The summed E-state index contributed by atoms with van der Waals surface area (Å²) in [6.45, 7) is 5.45. The molecule has 0 radical (unpaired) electrons. The molecule has 0 aliphatic carbocycles. The van der Waals surface area contributed by atoms with E-state index >= 15 is 0 Å². The summed E-state index contributed by atoms with van der Waals surface area (Å²) in [4.78, 5) is 31.9. The summed E-state index contributed by atoms with van der Waals surface area (Å²) in [5.41, 5.74) is -1.16. The number of hydrogen-bond donors (Lipinski definition) is 0. The number of nitrogens with zero attached hydrogens (tertiary/aromatic N) is 2. The van der Waals surface area contributed by atoms with Gasteiger partial charge in [-0.1, -0.05) is 18.2 Å². The normalized spacial score (nSPS) is 29.0. The van der Waals surface area contributed by atoms with Crippen LogP contribution in [0.2, 0.25) is 0 Å². The van der Waals surface area contributed by atoms with Gasteiger partial charge in [0.1, 0.15) is 5.60 Å². The fraction of sp³-hybridized carbons (Fsp3) is 0.450. The molecule has 1 aromatic carbocycles. The molecule has 7 heteroatoms. The Morgan fingerprint density at radius 2 is 1.70 bits per heavy atom. The summed E-state index contributed by atoms with van der Waals surface area (Å²) in [5, 5.41) is 2.69. The number of para-hydroxylation sites is 1. The number of benzene rings is 1. The van der Waals surface area contributed by atoms with Crippen molar-refractivity contribution in [3.63, 3.8) is 0 Å². The zero-order valence-electron chi connectivity index (χ0n) is 15.8. The molecule has 0 unspecified atom stereocenters. The molecule has 3 heterocycles. The summed E-state index contributed by atoms with van der Waals surface area (Å²) in [6.07, 6.45) is 0.577. The van der Waals surface area contributed by atoms with E-state index in [1.54, 1.807) is 0 Å². The summed E-state index contributed by atoms with van der Waals surface area (Å²) >= 11 is 1.48. The van der Waals surface area contributed by atoms with E-state index in [1.807, 2.05) is 68.4 Å². The van der Waals surface area contributed by atoms with Gasteiger partial charge in [-0.3, -0.25) is 9.59 Å². The molecule has 1 aromatic heterocycles. The number of carbonyl (C=O) groups excluding carboxylic acids is 2. The lowest BCUT2D eigenvalue weighted by Crippen LogP contribution is -2.32. The zero-order chi connectivity index (χ0) is 19.4. The predicted octanol–water partition coefficient (Wildman–Crippen LogP) is 3.79. The van der Waals surface area contributed by atoms with Gasteiger partial charge < -0.3 is 14.4 Å². The fourth-order valence-corrected chi connectivity index (χ4v) is 4.96. The average molecular weight is 386 g/mol. The van der Waals surface area contributed by atoms with Gasteiger partial charge in [-0.15, -0.1) is 11.3 Å². The molecule has 0 bridgehead atoms. The maximum atomic E-state index is 12.7. The van der Waals surface area contributed by atoms with E-state index in [2.05, 4.69) is 0 Å². The van der Waals surface area contributed by atoms with Crippen LogP contribution in [0.15, 0.2) is 35.7 Å². The Balaban J connectivity index is 1.62. The van der Waals surface area contributed by atoms with Crippen molar-refractivity contribution in [2.45, 2.75) is 44.8 Å². The number of cyclic esters (lactones) is 2. The van der Waals surface area contributed by atoms with Crippen LogP contribution in [-0.4, -0.2) is 29.6 Å². The molecular formula is C20H22N2O4S. The van der Waals surface area contributed by atoms with Crippen molar-refractivity contribution in [3.8, 4) is 0 Å². The Labute approximate surface area is 162 Å². The third-order valence-electron chi connectivity index (χ3n) is 5.30. The highest BCUT2D eigenvalue weighted by molar-refractivity contribution is 7.13. The number of aromatic nitrogens is 1. The minimum absolute atomic E-state index is 0.249. The first-order valence-corrected chi connectivity index (χ1v) is 9.75. The number of ether oxygens (including phenoxy) is 2. The van der Waals surface area contributed by atoms with Crippen LogP contribution >= 0.6 is 11.3 Å². The summed E-state index contributed by atoms with van der Waals surface area (Å²) < 4.78 is 11.1. The molecule has 6 nitrogen and oxygen atoms in total.